The highest BCUT2D eigenvalue weighted by atomic mass is 32.2. The molecular formula is C12H22N4O2S. The lowest BCUT2D eigenvalue weighted by Gasteiger charge is -2.33. The molecule has 108 valence electrons. The highest BCUT2D eigenvalue weighted by molar-refractivity contribution is 7.89. The van der Waals surface area contributed by atoms with Crippen LogP contribution in [0.1, 0.15) is 31.5 Å². The molecule has 1 fully saturated rings. The maximum absolute atomic E-state index is 12.4. The summed E-state index contributed by atoms with van der Waals surface area (Å²) in [5.41, 5.74) is 0. The molecule has 1 aliphatic rings. The average Bonchev–Trinajstić information content (AvgIpc) is 2.85. The van der Waals surface area contributed by atoms with Gasteiger partial charge >= 0.3 is 0 Å². The molecule has 0 spiro atoms. The number of sulfonamides is 1. The zero-order valence-electron chi connectivity index (χ0n) is 11.7. The van der Waals surface area contributed by atoms with Crippen molar-refractivity contribution in [1.29, 1.82) is 0 Å². The molecule has 1 heterocycles. The standard InChI is InChI=1S/C12H22N4O2S/c1-9-14-8-12(15-9)19(17,18)16(3)11-6-4-10(13-2)5-7-11/h8,10-11,13H,4-7H2,1-3H3,(H,14,15). The molecule has 19 heavy (non-hydrogen) atoms. The van der Waals surface area contributed by atoms with Crippen molar-refractivity contribution < 1.29 is 8.42 Å². The first kappa shape index (κ1) is 14.5. The van der Waals surface area contributed by atoms with Crippen molar-refractivity contribution in [1.82, 2.24) is 19.6 Å². The number of imidazole rings is 1. The molecular weight excluding hydrogens is 264 g/mol. The zero-order valence-corrected chi connectivity index (χ0v) is 12.5. The second-order valence-corrected chi connectivity index (χ2v) is 7.11. The molecule has 6 nitrogen and oxygen atoms in total. The summed E-state index contributed by atoms with van der Waals surface area (Å²) in [6, 6.07) is 0.597. The Labute approximate surface area is 114 Å². The Kier molecular flexibility index (Phi) is 4.27. The Bertz CT molecular complexity index is 518. The number of aryl methyl sites for hydroxylation is 1. The number of hydrogen-bond donors (Lipinski definition) is 2. The molecule has 7 heteroatoms. The summed E-state index contributed by atoms with van der Waals surface area (Å²) >= 11 is 0. The number of aromatic amines is 1. The van der Waals surface area contributed by atoms with Gasteiger partial charge < -0.3 is 10.3 Å². The fraction of sp³-hybridized carbons (Fsp3) is 0.750. The van der Waals surface area contributed by atoms with Crippen molar-refractivity contribution in [3.63, 3.8) is 0 Å². The normalized spacial score (nSPS) is 24.8. The summed E-state index contributed by atoms with van der Waals surface area (Å²) in [5, 5.41) is 3.44. The van der Waals surface area contributed by atoms with Gasteiger partial charge in [0.2, 0.25) is 0 Å². The van der Waals surface area contributed by atoms with Crippen molar-refractivity contribution in [3.05, 3.63) is 12.0 Å². The summed E-state index contributed by atoms with van der Waals surface area (Å²) < 4.78 is 26.4. The van der Waals surface area contributed by atoms with Crippen molar-refractivity contribution in [3.8, 4) is 0 Å². The van der Waals surface area contributed by atoms with E-state index in [-0.39, 0.29) is 11.1 Å². The largest absolute Gasteiger partial charge is 0.332 e. The number of aromatic nitrogens is 2. The minimum atomic E-state index is -3.45. The van der Waals surface area contributed by atoms with Gasteiger partial charge in [-0.25, -0.2) is 13.4 Å². The lowest BCUT2D eigenvalue weighted by Crippen LogP contribution is -2.42. The van der Waals surface area contributed by atoms with Crippen molar-refractivity contribution in [2.45, 2.75) is 49.7 Å². The van der Waals surface area contributed by atoms with Crippen molar-refractivity contribution in [2.24, 2.45) is 0 Å². The molecule has 0 unspecified atom stereocenters. The van der Waals surface area contributed by atoms with Gasteiger partial charge in [0.05, 0.1) is 6.20 Å². The number of hydrogen-bond acceptors (Lipinski definition) is 4. The van der Waals surface area contributed by atoms with Crippen LogP contribution in [-0.4, -0.2) is 48.9 Å². The Morgan fingerprint density at radius 1 is 1.37 bits per heavy atom. The van der Waals surface area contributed by atoms with E-state index in [4.69, 9.17) is 0 Å². The van der Waals surface area contributed by atoms with E-state index in [2.05, 4.69) is 15.3 Å². The van der Waals surface area contributed by atoms with Gasteiger partial charge in [-0.15, -0.1) is 0 Å². The van der Waals surface area contributed by atoms with Crippen LogP contribution >= 0.6 is 0 Å². The maximum Gasteiger partial charge on any atom is 0.260 e. The van der Waals surface area contributed by atoms with Crippen molar-refractivity contribution in [2.75, 3.05) is 14.1 Å². The quantitative estimate of drug-likeness (QED) is 0.861. The molecule has 0 saturated heterocycles. The second kappa shape index (κ2) is 5.60. The van der Waals surface area contributed by atoms with Gasteiger partial charge in [0.1, 0.15) is 5.82 Å². The molecule has 0 radical (unpaired) electrons. The van der Waals surface area contributed by atoms with Gasteiger partial charge in [0.15, 0.2) is 5.03 Å². The predicted molar refractivity (Wildman–Crippen MR) is 73.4 cm³/mol. The SMILES string of the molecule is CNC1CCC(N(C)S(=O)(=O)c2cnc(C)[nH]2)CC1. The lowest BCUT2D eigenvalue weighted by molar-refractivity contribution is 0.254. The Morgan fingerprint density at radius 3 is 2.47 bits per heavy atom. The van der Waals surface area contributed by atoms with Gasteiger partial charge in [-0.2, -0.15) is 4.31 Å². The molecule has 2 rings (SSSR count). The fourth-order valence-electron chi connectivity index (χ4n) is 2.61. The maximum atomic E-state index is 12.4. The van der Waals surface area contributed by atoms with Crippen LogP contribution in [0.25, 0.3) is 0 Å². The molecule has 1 aromatic heterocycles. The van der Waals surface area contributed by atoms with Gasteiger partial charge in [0, 0.05) is 19.1 Å². The van der Waals surface area contributed by atoms with E-state index in [0.717, 1.165) is 25.7 Å². The first-order valence-electron chi connectivity index (χ1n) is 6.62. The molecule has 0 bridgehead atoms. The van der Waals surface area contributed by atoms with Crippen molar-refractivity contribution >= 4 is 10.0 Å². The fourth-order valence-corrected chi connectivity index (χ4v) is 3.99. The van der Waals surface area contributed by atoms with E-state index >= 15 is 0 Å². The highest BCUT2D eigenvalue weighted by Crippen LogP contribution is 2.26. The number of rotatable bonds is 4. The first-order valence-corrected chi connectivity index (χ1v) is 8.06. The number of nitrogens with zero attached hydrogens (tertiary/aromatic N) is 2. The van der Waals surface area contributed by atoms with Crippen LogP contribution in [0.5, 0.6) is 0 Å². The van der Waals surface area contributed by atoms with Crippen LogP contribution < -0.4 is 5.32 Å². The molecule has 0 aromatic carbocycles. The highest BCUT2D eigenvalue weighted by Gasteiger charge is 2.32. The minimum absolute atomic E-state index is 0.0817. The van der Waals surface area contributed by atoms with E-state index in [1.807, 2.05) is 7.05 Å². The van der Waals surface area contributed by atoms with Crippen LogP contribution in [0.2, 0.25) is 0 Å². The monoisotopic (exact) mass is 286 g/mol. The third-order valence-electron chi connectivity index (χ3n) is 3.96. The van der Waals surface area contributed by atoms with Gasteiger partial charge in [-0.05, 0) is 39.7 Å². The third kappa shape index (κ3) is 2.98. The smallest absolute Gasteiger partial charge is 0.260 e. The second-order valence-electron chi connectivity index (χ2n) is 5.15. The van der Waals surface area contributed by atoms with Crippen LogP contribution in [0.3, 0.4) is 0 Å². The summed E-state index contributed by atoms with van der Waals surface area (Å²) in [7, 11) is 0.173. The van der Waals surface area contributed by atoms with Crippen LogP contribution in [-0.2, 0) is 10.0 Å². The zero-order chi connectivity index (χ0) is 14.0. The minimum Gasteiger partial charge on any atom is -0.332 e. The Balaban J connectivity index is 2.09. The molecule has 2 N–H and O–H groups in total. The molecule has 1 aliphatic carbocycles. The summed E-state index contributed by atoms with van der Waals surface area (Å²) in [6.45, 7) is 1.75. The number of H-pyrrole nitrogens is 1. The van der Waals surface area contributed by atoms with E-state index in [1.54, 1.807) is 14.0 Å². The molecule has 0 atom stereocenters. The van der Waals surface area contributed by atoms with E-state index in [9.17, 15) is 8.42 Å². The summed E-state index contributed by atoms with van der Waals surface area (Å²) in [6.07, 6.45) is 5.22. The van der Waals surface area contributed by atoms with Crippen LogP contribution in [0.15, 0.2) is 11.2 Å². The third-order valence-corrected chi connectivity index (χ3v) is 5.78. The Hall–Kier alpha value is -0.920. The topological polar surface area (TPSA) is 78.1 Å². The predicted octanol–water partition coefficient (Wildman–Crippen LogP) is 0.869. The van der Waals surface area contributed by atoms with Crippen LogP contribution in [0.4, 0.5) is 0 Å². The first-order chi connectivity index (χ1) is 8.95. The van der Waals surface area contributed by atoms with Gasteiger partial charge in [-0.3, -0.25) is 0 Å². The van der Waals surface area contributed by atoms with E-state index in [0.29, 0.717) is 11.9 Å². The number of nitrogens with one attached hydrogen (secondary N) is 2. The van der Waals surface area contributed by atoms with E-state index < -0.39 is 10.0 Å². The molecule has 0 aliphatic heterocycles. The van der Waals surface area contributed by atoms with Gasteiger partial charge in [-0.1, -0.05) is 0 Å². The summed E-state index contributed by atoms with van der Waals surface area (Å²) in [4.78, 5) is 6.77. The van der Waals surface area contributed by atoms with Gasteiger partial charge in [0.25, 0.3) is 10.0 Å². The molecule has 1 aromatic rings. The van der Waals surface area contributed by atoms with Crippen LogP contribution in [0, 0.1) is 6.92 Å². The molecule has 1 saturated carbocycles. The summed E-state index contributed by atoms with van der Waals surface area (Å²) in [5.74, 6) is 0.617. The molecule has 0 amide bonds. The van der Waals surface area contributed by atoms with E-state index in [1.165, 1.54) is 10.5 Å². The average molecular weight is 286 g/mol. The Morgan fingerprint density at radius 2 is 2.00 bits per heavy atom. The lowest BCUT2D eigenvalue weighted by atomic mass is 9.91.